The lowest BCUT2D eigenvalue weighted by Crippen LogP contribution is -2.52. The Morgan fingerprint density at radius 1 is 1.00 bits per heavy atom. The predicted molar refractivity (Wildman–Crippen MR) is 146 cm³/mol. The van der Waals surface area contributed by atoms with Crippen molar-refractivity contribution in [1.29, 1.82) is 0 Å². The number of carbonyl (C=O) groups is 1. The average Bonchev–Trinajstić information content (AvgIpc) is 3.60. The summed E-state index contributed by atoms with van der Waals surface area (Å²) in [6.07, 6.45) is 9.26. The molecule has 0 spiro atoms. The van der Waals surface area contributed by atoms with Gasteiger partial charge in [0.25, 0.3) is 0 Å². The van der Waals surface area contributed by atoms with Crippen molar-refractivity contribution < 1.29 is 19.0 Å². The first-order valence-corrected chi connectivity index (χ1v) is 12.9. The standard InChI is InChI=1S/C31H29FN4O3/c1-29(2,3)30(4,27(37)38)39-25-10-7-19(15-23(25)32)21-16-34-28-35-17-26(36(28)18-21)31(11-12-31)22-8-9-24-20(14-22)6-5-13-33-24/h5-10,13-18H,11-12H2,1-4H3,(H,37,38). The lowest BCUT2D eigenvalue weighted by atomic mass is 9.77. The third-order valence-corrected chi connectivity index (χ3v) is 8.18. The van der Waals surface area contributed by atoms with Gasteiger partial charge in [0.2, 0.25) is 11.4 Å². The van der Waals surface area contributed by atoms with Gasteiger partial charge in [-0.1, -0.05) is 39.0 Å². The van der Waals surface area contributed by atoms with E-state index in [1.807, 2.05) is 22.9 Å². The minimum Gasteiger partial charge on any atom is -0.478 e. The first-order chi connectivity index (χ1) is 18.5. The van der Waals surface area contributed by atoms with Gasteiger partial charge >= 0.3 is 5.97 Å². The summed E-state index contributed by atoms with van der Waals surface area (Å²) in [6.45, 7) is 6.70. The molecule has 1 aliphatic rings. The summed E-state index contributed by atoms with van der Waals surface area (Å²) in [6, 6.07) is 14.9. The van der Waals surface area contributed by atoms with Crippen molar-refractivity contribution in [1.82, 2.24) is 19.4 Å². The second-order valence-corrected chi connectivity index (χ2v) is 11.5. The Morgan fingerprint density at radius 2 is 1.77 bits per heavy atom. The Balaban J connectivity index is 1.36. The first-order valence-electron chi connectivity index (χ1n) is 12.9. The van der Waals surface area contributed by atoms with Gasteiger partial charge in [-0.25, -0.2) is 19.2 Å². The van der Waals surface area contributed by atoms with E-state index in [0.29, 0.717) is 16.9 Å². The lowest BCUT2D eigenvalue weighted by Gasteiger charge is -2.38. The predicted octanol–water partition coefficient (Wildman–Crippen LogP) is 6.43. The molecule has 1 saturated carbocycles. The van der Waals surface area contributed by atoms with Crippen LogP contribution in [0.15, 0.2) is 73.3 Å². The van der Waals surface area contributed by atoms with Crippen LogP contribution in [0.2, 0.25) is 0 Å². The molecule has 8 heteroatoms. The van der Waals surface area contributed by atoms with E-state index in [2.05, 4.69) is 39.2 Å². The molecular weight excluding hydrogens is 495 g/mol. The molecule has 0 amide bonds. The maximum atomic E-state index is 15.2. The van der Waals surface area contributed by atoms with Crippen LogP contribution in [-0.4, -0.2) is 36.0 Å². The maximum absolute atomic E-state index is 15.2. The van der Waals surface area contributed by atoms with E-state index >= 15 is 4.39 Å². The van der Waals surface area contributed by atoms with Crippen molar-refractivity contribution >= 4 is 22.6 Å². The number of ether oxygens (including phenoxy) is 1. The molecule has 7 nitrogen and oxygen atoms in total. The van der Waals surface area contributed by atoms with Gasteiger partial charge in [0.15, 0.2) is 11.6 Å². The molecule has 0 aliphatic heterocycles. The third kappa shape index (κ3) is 4.02. The molecule has 3 heterocycles. The number of carboxylic acids is 1. The van der Waals surface area contributed by atoms with Crippen molar-refractivity contribution in [2.75, 3.05) is 0 Å². The molecule has 1 fully saturated rings. The van der Waals surface area contributed by atoms with E-state index in [-0.39, 0.29) is 11.2 Å². The summed E-state index contributed by atoms with van der Waals surface area (Å²) in [5.41, 5.74) is 1.98. The van der Waals surface area contributed by atoms with Crippen LogP contribution in [0.25, 0.3) is 27.8 Å². The molecule has 1 N–H and O–H groups in total. The fraction of sp³-hybridized carbons (Fsp3) is 0.290. The first kappa shape index (κ1) is 25.0. The molecule has 2 aromatic carbocycles. The zero-order valence-corrected chi connectivity index (χ0v) is 22.3. The van der Waals surface area contributed by atoms with E-state index in [9.17, 15) is 9.90 Å². The summed E-state index contributed by atoms with van der Waals surface area (Å²) in [4.78, 5) is 25.5. The van der Waals surface area contributed by atoms with Crippen LogP contribution in [0.4, 0.5) is 4.39 Å². The minimum atomic E-state index is -1.61. The van der Waals surface area contributed by atoms with Crippen LogP contribution >= 0.6 is 0 Å². The van der Waals surface area contributed by atoms with E-state index in [0.717, 1.165) is 29.4 Å². The summed E-state index contributed by atoms with van der Waals surface area (Å²) in [5, 5.41) is 10.9. The van der Waals surface area contributed by atoms with Crippen LogP contribution in [0.3, 0.4) is 0 Å². The number of imidazole rings is 1. The normalized spacial score (nSPS) is 16.2. The highest BCUT2D eigenvalue weighted by Crippen LogP contribution is 2.54. The van der Waals surface area contributed by atoms with Gasteiger partial charge in [-0.3, -0.25) is 9.38 Å². The molecule has 0 bridgehead atoms. The molecule has 1 aliphatic carbocycles. The third-order valence-electron chi connectivity index (χ3n) is 8.18. The van der Waals surface area contributed by atoms with Gasteiger partial charge < -0.3 is 9.84 Å². The lowest BCUT2D eigenvalue weighted by molar-refractivity contribution is -0.163. The number of hydrogen-bond donors (Lipinski definition) is 1. The number of aliphatic carboxylic acids is 1. The van der Waals surface area contributed by atoms with Crippen LogP contribution in [-0.2, 0) is 10.2 Å². The summed E-state index contributed by atoms with van der Waals surface area (Å²) < 4.78 is 23.0. The smallest absolute Gasteiger partial charge is 0.348 e. The number of rotatable bonds is 6. The fourth-order valence-electron chi connectivity index (χ4n) is 5.07. The molecule has 5 aromatic rings. The number of fused-ring (bicyclic) bond motifs is 2. The summed E-state index contributed by atoms with van der Waals surface area (Å²) in [5.74, 6) is -1.33. The summed E-state index contributed by atoms with van der Waals surface area (Å²) >= 11 is 0. The van der Waals surface area contributed by atoms with E-state index < -0.39 is 22.8 Å². The van der Waals surface area contributed by atoms with Crippen molar-refractivity contribution in [3.63, 3.8) is 0 Å². The van der Waals surface area contributed by atoms with Gasteiger partial charge in [-0.05, 0) is 61.2 Å². The highest BCUT2D eigenvalue weighted by molar-refractivity contribution is 5.80. The van der Waals surface area contributed by atoms with Gasteiger partial charge in [-0.2, -0.15) is 0 Å². The second-order valence-electron chi connectivity index (χ2n) is 11.5. The monoisotopic (exact) mass is 524 g/mol. The van der Waals surface area contributed by atoms with E-state index in [1.54, 1.807) is 39.2 Å². The molecule has 1 unspecified atom stereocenters. The van der Waals surface area contributed by atoms with Gasteiger partial charge in [0, 0.05) is 40.4 Å². The number of hydrogen-bond acceptors (Lipinski definition) is 5. The van der Waals surface area contributed by atoms with E-state index in [1.165, 1.54) is 24.6 Å². The Bertz CT molecular complexity index is 1750. The highest BCUT2D eigenvalue weighted by Gasteiger charge is 2.49. The zero-order valence-electron chi connectivity index (χ0n) is 22.3. The Hall–Kier alpha value is -4.33. The molecule has 0 saturated heterocycles. The zero-order chi connectivity index (χ0) is 27.6. The number of aromatic nitrogens is 4. The molecule has 198 valence electrons. The Morgan fingerprint density at radius 3 is 2.46 bits per heavy atom. The Labute approximate surface area is 225 Å². The number of benzene rings is 2. The topological polar surface area (TPSA) is 89.6 Å². The molecule has 6 rings (SSSR count). The minimum absolute atomic E-state index is 0.112. The van der Waals surface area contributed by atoms with Crippen LogP contribution in [0, 0.1) is 11.2 Å². The molecule has 0 radical (unpaired) electrons. The molecular formula is C31H29FN4O3. The number of halogens is 1. The van der Waals surface area contributed by atoms with Gasteiger partial charge in [0.1, 0.15) is 0 Å². The SMILES string of the molecule is CC(C)(C)C(C)(Oc1ccc(-c2cnc3ncc(C4(c5ccc6ncccc6c5)CC4)n3c2)cc1F)C(=O)O. The Kier molecular flexibility index (Phi) is 5.50. The maximum Gasteiger partial charge on any atom is 0.348 e. The molecule has 1 atom stereocenters. The van der Waals surface area contributed by atoms with Crippen LogP contribution in [0.5, 0.6) is 5.75 Å². The average molecular weight is 525 g/mol. The van der Waals surface area contributed by atoms with Crippen molar-refractivity contribution in [3.05, 3.63) is 90.4 Å². The van der Waals surface area contributed by atoms with Crippen molar-refractivity contribution in [3.8, 4) is 16.9 Å². The van der Waals surface area contributed by atoms with Gasteiger partial charge in [-0.15, -0.1) is 0 Å². The fourth-order valence-corrected chi connectivity index (χ4v) is 5.07. The number of nitrogens with zero attached hydrogens (tertiary/aromatic N) is 4. The van der Waals surface area contributed by atoms with Crippen LogP contribution in [0.1, 0.15) is 51.8 Å². The highest BCUT2D eigenvalue weighted by atomic mass is 19.1. The number of carboxylic acid groups (broad SMARTS) is 1. The second kappa shape index (κ2) is 8.59. The summed E-state index contributed by atoms with van der Waals surface area (Å²) in [7, 11) is 0. The molecule has 3 aromatic heterocycles. The van der Waals surface area contributed by atoms with Crippen molar-refractivity contribution in [2.24, 2.45) is 5.41 Å². The number of pyridine rings is 1. The van der Waals surface area contributed by atoms with Crippen LogP contribution < -0.4 is 4.74 Å². The van der Waals surface area contributed by atoms with Gasteiger partial charge in [0.05, 0.1) is 17.4 Å². The van der Waals surface area contributed by atoms with Crippen molar-refractivity contribution in [2.45, 2.75) is 51.6 Å². The molecule has 39 heavy (non-hydrogen) atoms. The quantitative estimate of drug-likeness (QED) is 0.275. The largest absolute Gasteiger partial charge is 0.478 e. The van der Waals surface area contributed by atoms with E-state index in [4.69, 9.17) is 4.74 Å².